The summed E-state index contributed by atoms with van der Waals surface area (Å²) in [5.74, 6) is -0.0171. The van der Waals surface area contributed by atoms with E-state index in [0.29, 0.717) is 5.56 Å². The number of aryl methyl sites for hydroxylation is 2. The number of rotatable bonds is 4. The van der Waals surface area contributed by atoms with Crippen molar-refractivity contribution in [1.82, 2.24) is 5.32 Å². The summed E-state index contributed by atoms with van der Waals surface area (Å²) < 4.78 is 1.13. The molecule has 0 aromatic heterocycles. The van der Waals surface area contributed by atoms with Gasteiger partial charge in [0, 0.05) is 9.13 Å². The van der Waals surface area contributed by atoms with Crippen LogP contribution < -0.4 is 5.32 Å². The highest BCUT2D eigenvalue weighted by atomic mass is 127. The Morgan fingerprint density at radius 1 is 1.10 bits per heavy atom. The fraction of sp³-hybridized carbons (Fsp3) is 0.278. The van der Waals surface area contributed by atoms with Crippen molar-refractivity contribution in [2.45, 2.75) is 33.2 Å². The van der Waals surface area contributed by atoms with Gasteiger partial charge in [-0.05, 0) is 83.8 Å². The van der Waals surface area contributed by atoms with Gasteiger partial charge in [-0.25, -0.2) is 0 Å². The van der Waals surface area contributed by atoms with Crippen molar-refractivity contribution in [3.05, 3.63) is 68.3 Å². The van der Waals surface area contributed by atoms with Crippen molar-refractivity contribution in [3.63, 3.8) is 0 Å². The van der Waals surface area contributed by atoms with Crippen LogP contribution in [0.3, 0.4) is 0 Å². The quantitative estimate of drug-likeness (QED) is 0.744. The van der Waals surface area contributed by atoms with Gasteiger partial charge in [0.05, 0.1) is 6.04 Å². The molecule has 0 saturated carbocycles. The molecule has 0 aliphatic carbocycles. The number of carbonyl (C=O) groups excluding carboxylic acids is 1. The fourth-order valence-electron chi connectivity index (χ4n) is 2.25. The minimum atomic E-state index is -0.0171. The Bertz CT molecular complexity index is 634. The average Bonchev–Trinajstić information content (AvgIpc) is 2.48. The molecule has 1 N–H and O–H groups in total. The van der Waals surface area contributed by atoms with Gasteiger partial charge < -0.3 is 5.32 Å². The lowest BCUT2D eigenvalue weighted by Crippen LogP contribution is -2.28. The molecule has 0 spiro atoms. The topological polar surface area (TPSA) is 29.1 Å². The molecule has 3 heteroatoms. The second-order valence-electron chi connectivity index (χ2n) is 5.28. The first-order valence-electron chi connectivity index (χ1n) is 7.15. The normalized spacial score (nSPS) is 12.0. The third-order valence-electron chi connectivity index (χ3n) is 3.75. The summed E-state index contributed by atoms with van der Waals surface area (Å²) in [6.07, 6.45) is 0.874. The monoisotopic (exact) mass is 393 g/mol. The summed E-state index contributed by atoms with van der Waals surface area (Å²) in [5.41, 5.74) is 4.41. The van der Waals surface area contributed by atoms with Gasteiger partial charge in [-0.2, -0.15) is 0 Å². The number of nitrogens with one attached hydrogen (secondary N) is 1. The van der Waals surface area contributed by atoms with Crippen molar-refractivity contribution >= 4 is 28.5 Å². The Balaban J connectivity index is 2.16. The lowest BCUT2D eigenvalue weighted by molar-refractivity contribution is 0.0935. The van der Waals surface area contributed by atoms with Gasteiger partial charge in [-0.15, -0.1) is 0 Å². The number of hydrogen-bond donors (Lipinski definition) is 1. The third kappa shape index (κ3) is 4.06. The first kappa shape index (κ1) is 16.0. The summed E-state index contributed by atoms with van der Waals surface area (Å²) in [4.78, 5) is 12.3. The highest BCUT2D eigenvalue weighted by molar-refractivity contribution is 14.1. The predicted octanol–water partition coefficient (Wildman–Crippen LogP) is 4.79. The van der Waals surface area contributed by atoms with E-state index in [4.69, 9.17) is 0 Å². The van der Waals surface area contributed by atoms with Crippen molar-refractivity contribution in [3.8, 4) is 0 Å². The van der Waals surface area contributed by atoms with E-state index >= 15 is 0 Å². The molecular weight excluding hydrogens is 373 g/mol. The summed E-state index contributed by atoms with van der Waals surface area (Å²) in [7, 11) is 0. The third-order valence-corrected chi connectivity index (χ3v) is 4.47. The van der Waals surface area contributed by atoms with Crippen molar-refractivity contribution in [1.29, 1.82) is 0 Å². The zero-order chi connectivity index (χ0) is 15.4. The molecule has 2 rings (SSSR count). The molecule has 0 fully saturated rings. The first-order chi connectivity index (χ1) is 10.0. The Morgan fingerprint density at radius 3 is 2.33 bits per heavy atom. The Kier molecular flexibility index (Phi) is 5.39. The number of hydrogen-bond acceptors (Lipinski definition) is 1. The van der Waals surface area contributed by atoms with Gasteiger partial charge in [0.25, 0.3) is 5.91 Å². The molecule has 0 aliphatic heterocycles. The van der Waals surface area contributed by atoms with Crippen LogP contribution in [0.15, 0.2) is 42.5 Å². The Hall–Kier alpha value is -1.36. The van der Waals surface area contributed by atoms with Crippen LogP contribution in [-0.2, 0) is 0 Å². The van der Waals surface area contributed by atoms with Crippen molar-refractivity contribution < 1.29 is 4.79 Å². The van der Waals surface area contributed by atoms with E-state index < -0.39 is 0 Å². The number of halogens is 1. The minimum Gasteiger partial charge on any atom is -0.345 e. The molecule has 1 unspecified atom stereocenters. The maximum absolute atomic E-state index is 12.3. The summed E-state index contributed by atoms with van der Waals surface area (Å²) >= 11 is 2.24. The van der Waals surface area contributed by atoms with Crippen LogP contribution >= 0.6 is 22.6 Å². The van der Waals surface area contributed by atoms with E-state index in [1.807, 2.05) is 24.3 Å². The largest absolute Gasteiger partial charge is 0.345 e. The van der Waals surface area contributed by atoms with E-state index in [0.717, 1.165) is 9.99 Å². The molecular formula is C18H20INO. The summed E-state index contributed by atoms with van der Waals surface area (Å²) in [5, 5.41) is 3.12. The molecule has 1 amide bonds. The Labute approximate surface area is 140 Å². The molecule has 0 aliphatic rings. The van der Waals surface area contributed by atoms with Gasteiger partial charge in [-0.3, -0.25) is 4.79 Å². The number of amides is 1. The SMILES string of the molecule is CCC(NC(=O)c1ccc(I)cc1)c1ccc(C)c(C)c1. The Morgan fingerprint density at radius 2 is 1.76 bits per heavy atom. The van der Waals surface area contributed by atoms with E-state index in [9.17, 15) is 4.79 Å². The van der Waals surface area contributed by atoms with Crippen LogP contribution in [0, 0.1) is 17.4 Å². The standard InChI is InChI=1S/C18H20INO/c1-4-17(15-6-5-12(2)13(3)11-15)20-18(21)14-7-9-16(19)10-8-14/h5-11,17H,4H2,1-3H3,(H,20,21). The van der Waals surface area contributed by atoms with E-state index in [1.165, 1.54) is 16.7 Å². The van der Waals surface area contributed by atoms with Crippen molar-refractivity contribution in [2.75, 3.05) is 0 Å². The predicted molar refractivity (Wildman–Crippen MR) is 95.6 cm³/mol. The van der Waals surface area contributed by atoms with E-state index in [-0.39, 0.29) is 11.9 Å². The molecule has 0 bridgehead atoms. The van der Waals surface area contributed by atoms with Crippen LogP contribution in [-0.4, -0.2) is 5.91 Å². The molecule has 110 valence electrons. The van der Waals surface area contributed by atoms with Crippen LogP contribution in [0.4, 0.5) is 0 Å². The molecule has 0 saturated heterocycles. The van der Waals surface area contributed by atoms with E-state index in [2.05, 4.69) is 66.9 Å². The van der Waals surface area contributed by atoms with Crippen molar-refractivity contribution in [2.24, 2.45) is 0 Å². The molecule has 0 radical (unpaired) electrons. The smallest absolute Gasteiger partial charge is 0.251 e. The number of benzene rings is 2. The zero-order valence-electron chi connectivity index (χ0n) is 12.6. The lowest BCUT2D eigenvalue weighted by Gasteiger charge is -2.18. The second-order valence-corrected chi connectivity index (χ2v) is 6.53. The lowest BCUT2D eigenvalue weighted by atomic mass is 9.99. The summed E-state index contributed by atoms with van der Waals surface area (Å²) in [6.45, 7) is 6.30. The maximum atomic E-state index is 12.3. The van der Waals surface area contributed by atoms with Crippen LogP contribution in [0.1, 0.15) is 46.4 Å². The highest BCUT2D eigenvalue weighted by Gasteiger charge is 2.14. The molecule has 1 atom stereocenters. The molecule has 2 aromatic carbocycles. The van der Waals surface area contributed by atoms with Gasteiger partial charge in [0.15, 0.2) is 0 Å². The van der Waals surface area contributed by atoms with Gasteiger partial charge in [-0.1, -0.05) is 25.1 Å². The fourth-order valence-corrected chi connectivity index (χ4v) is 2.60. The molecule has 21 heavy (non-hydrogen) atoms. The highest BCUT2D eigenvalue weighted by Crippen LogP contribution is 2.20. The molecule has 2 nitrogen and oxygen atoms in total. The first-order valence-corrected chi connectivity index (χ1v) is 8.22. The molecule has 0 heterocycles. The number of carbonyl (C=O) groups is 1. The molecule has 2 aromatic rings. The van der Waals surface area contributed by atoms with Crippen LogP contribution in [0.5, 0.6) is 0 Å². The van der Waals surface area contributed by atoms with Gasteiger partial charge >= 0.3 is 0 Å². The maximum Gasteiger partial charge on any atom is 0.251 e. The average molecular weight is 393 g/mol. The minimum absolute atomic E-state index is 0.0171. The van der Waals surface area contributed by atoms with Crippen LogP contribution in [0.2, 0.25) is 0 Å². The van der Waals surface area contributed by atoms with E-state index in [1.54, 1.807) is 0 Å². The van der Waals surface area contributed by atoms with Gasteiger partial charge in [0.2, 0.25) is 0 Å². The van der Waals surface area contributed by atoms with Gasteiger partial charge in [0.1, 0.15) is 0 Å². The van der Waals surface area contributed by atoms with Crippen LogP contribution in [0.25, 0.3) is 0 Å². The second kappa shape index (κ2) is 7.07. The summed E-state index contributed by atoms with van der Waals surface area (Å²) in [6, 6.07) is 14.1. The zero-order valence-corrected chi connectivity index (χ0v) is 14.8.